The van der Waals surface area contributed by atoms with E-state index < -0.39 is 9.84 Å². The molecule has 1 rings (SSSR count). The van der Waals surface area contributed by atoms with Gasteiger partial charge in [-0.2, -0.15) is 0 Å². The minimum atomic E-state index is -2.93. The van der Waals surface area contributed by atoms with E-state index in [2.05, 4.69) is 41.4 Å². The van der Waals surface area contributed by atoms with Crippen LogP contribution in [0, 0.1) is 0 Å². The molecule has 0 radical (unpaired) electrons. The average molecular weight is 472 g/mol. The number of nitrogens with one attached hydrogen (secondary N) is 2. The summed E-state index contributed by atoms with van der Waals surface area (Å²) < 4.78 is 27.9. The standard InChI is InChI=1S/C15H28N4O3S.HI/c1-6-16-14(17-8-7-9-23(5,20)21)19-11-13-18-10-12(22-13)15(2,3)4;/h10H,6-9,11H2,1-5H3,(H2,16,17,19);1H. The zero-order valence-electron chi connectivity index (χ0n) is 15.0. The zero-order valence-corrected chi connectivity index (χ0v) is 18.2. The molecule has 7 nitrogen and oxygen atoms in total. The highest BCUT2D eigenvalue weighted by molar-refractivity contribution is 14.0. The van der Waals surface area contributed by atoms with Gasteiger partial charge in [0.05, 0.1) is 11.9 Å². The first-order chi connectivity index (χ1) is 10.6. The van der Waals surface area contributed by atoms with Crippen molar-refractivity contribution in [1.82, 2.24) is 15.6 Å². The van der Waals surface area contributed by atoms with Gasteiger partial charge in [0.25, 0.3) is 0 Å². The molecule has 0 aliphatic carbocycles. The van der Waals surface area contributed by atoms with Crippen molar-refractivity contribution in [2.24, 2.45) is 4.99 Å². The second kappa shape index (κ2) is 10.2. The Morgan fingerprint density at radius 2 is 2.00 bits per heavy atom. The van der Waals surface area contributed by atoms with E-state index in [9.17, 15) is 8.42 Å². The first-order valence-corrected chi connectivity index (χ1v) is 9.83. The molecule has 0 saturated carbocycles. The first-order valence-electron chi connectivity index (χ1n) is 7.77. The van der Waals surface area contributed by atoms with Crippen molar-refractivity contribution in [3.8, 4) is 0 Å². The summed E-state index contributed by atoms with van der Waals surface area (Å²) in [6.45, 7) is 9.75. The normalized spacial score (nSPS) is 12.6. The van der Waals surface area contributed by atoms with Gasteiger partial charge in [-0.3, -0.25) is 0 Å². The predicted molar refractivity (Wildman–Crippen MR) is 108 cm³/mol. The molecule has 0 fully saturated rings. The lowest BCUT2D eigenvalue weighted by Gasteiger charge is -2.13. The van der Waals surface area contributed by atoms with Gasteiger partial charge in [-0.15, -0.1) is 24.0 Å². The molecule has 140 valence electrons. The largest absolute Gasteiger partial charge is 0.443 e. The molecule has 0 unspecified atom stereocenters. The fraction of sp³-hybridized carbons (Fsp3) is 0.733. The molecular formula is C15H29IN4O3S. The van der Waals surface area contributed by atoms with Crippen molar-refractivity contribution in [2.75, 3.05) is 25.1 Å². The maximum atomic E-state index is 11.1. The number of rotatable bonds is 7. The van der Waals surface area contributed by atoms with Crippen LogP contribution in [0.4, 0.5) is 0 Å². The molecule has 1 aromatic heterocycles. The molecule has 0 aliphatic heterocycles. The first kappa shape index (κ1) is 23.2. The summed E-state index contributed by atoms with van der Waals surface area (Å²) in [5.74, 6) is 2.17. The van der Waals surface area contributed by atoms with Gasteiger partial charge in [0.1, 0.15) is 22.1 Å². The monoisotopic (exact) mass is 472 g/mol. The van der Waals surface area contributed by atoms with Crippen LogP contribution in [0.15, 0.2) is 15.6 Å². The van der Waals surface area contributed by atoms with E-state index in [0.717, 1.165) is 12.3 Å². The maximum Gasteiger partial charge on any atom is 0.216 e. The zero-order chi connectivity index (χ0) is 17.5. The van der Waals surface area contributed by atoms with E-state index in [0.29, 0.717) is 31.4 Å². The molecule has 0 atom stereocenters. The third-order valence-electron chi connectivity index (χ3n) is 2.99. The smallest absolute Gasteiger partial charge is 0.216 e. The van der Waals surface area contributed by atoms with Crippen molar-refractivity contribution in [2.45, 2.75) is 46.1 Å². The van der Waals surface area contributed by atoms with Gasteiger partial charge in [-0.05, 0) is 13.3 Å². The Balaban J connectivity index is 0.00000529. The molecule has 9 heteroatoms. The Kier molecular flexibility index (Phi) is 9.86. The van der Waals surface area contributed by atoms with Crippen LogP contribution in [-0.2, 0) is 21.8 Å². The Labute approximate surface area is 162 Å². The minimum absolute atomic E-state index is 0. The average Bonchev–Trinajstić information content (AvgIpc) is 2.88. The number of nitrogens with zero attached hydrogens (tertiary/aromatic N) is 2. The molecule has 0 saturated heterocycles. The van der Waals surface area contributed by atoms with Crippen molar-refractivity contribution in [3.63, 3.8) is 0 Å². The SMILES string of the molecule is CCNC(=NCc1ncc(C(C)(C)C)o1)NCCCS(C)(=O)=O.I. The predicted octanol–water partition coefficient (Wildman–Crippen LogP) is 2.08. The fourth-order valence-electron chi connectivity index (χ4n) is 1.76. The highest BCUT2D eigenvalue weighted by atomic mass is 127. The molecule has 0 aromatic carbocycles. The van der Waals surface area contributed by atoms with Crippen LogP contribution < -0.4 is 10.6 Å². The molecule has 0 bridgehead atoms. The van der Waals surface area contributed by atoms with Gasteiger partial charge in [0, 0.05) is 24.8 Å². The van der Waals surface area contributed by atoms with Crippen molar-refractivity contribution >= 4 is 39.8 Å². The van der Waals surface area contributed by atoms with Crippen molar-refractivity contribution in [3.05, 3.63) is 17.8 Å². The molecule has 1 aromatic rings. The molecular weight excluding hydrogens is 443 g/mol. The second-order valence-electron chi connectivity index (χ2n) is 6.47. The summed E-state index contributed by atoms with van der Waals surface area (Å²) in [7, 11) is -2.93. The van der Waals surface area contributed by atoms with Crippen LogP contribution >= 0.6 is 24.0 Å². The lowest BCUT2D eigenvalue weighted by molar-refractivity contribution is 0.383. The lowest BCUT2D eigenvalue weighted by atomic mass is 9.94. The number of aromatic nitrogens is 1. The Morgan fingerprint density at radius 1 is 1.33 bits per heavy atom. The van der Waals surface area contributed by atoms with Crippen molar-refractivity contribution < 1.29 is 12.8 Å². The molecule has 2 N–H and O–H groups in total. The van der Waals surface area contributed by atoms with E-state index in [1.165, 1.54) is 6.26 Å². The molecule has 0 aliphatic rings. The highest BCUT2D eigenvalue weighted by Crippen LogP contribution is 2.22. The van der Waals surface area contributed by atoms with E-state index >= 15 is 0 Å². The number of hydrogen-bond acceptors (Lipinski definition) is 5. The number of halogens is 1. The van der Waals surface area contributed by atoms with Gasteiger partial charge < -0.3 is 15.1 Å². The summed E-state index contributed by atoms with van der Waals surface area (Å²) in [5.41, 5.74) is -0.0800. The number of sulfone groups is 1. The third kappa shape index (κ3) is 9.45. The van der Waals surface area contributed by atoms with Gasteiger partial charge in [-0.25, -0.2) is 18.4 Å². The van der Waals surface area contributed by atoms with Crippen LogP contribution in [0.3, 0.4) is 0 Å². The van der Waals surface area contributed by atoms with Gasteiger partial charge in [0.2, 0.25) is 5.89 Å². The summed E-state index contributed by atoms with van der Waals surface area (Å²) in [5, 5.41) is 6.21. The number of guanidine groups is 1. The topological polar surface area (TPSA) is 96.6 Å². The van der Waals surface area contributed by atoms with Crippen molar-refractivity contribution in [1.29, 1.82) is 0 Å². The summed E-state index contributed by atoms with van der Waals surface area (Å²) in [6.07, 6.45) is 3.51. The van der Waals surface area contributed by atoms with E-state index in [1.54, 1.807) is 6.20 Å². The fourth-order valence-corrected chi connectivity index (χ4v) is 2.43. The van der Waals surface area contributed by atoms with Gasteiger partial charge in [0.15, 0.2) is 5.96 Å². The summed E-state index contributed by atoms with van der Waals surface area (Å²) in [4.78, 5) is 8.64. The summed E-state index contributed by atoms with van der Waals surface area (Å²) >= 11 is 0. The molecule has 0 amide bonds. The highest BCUT2D eigenvalue weighted by Gasteiger charge is 2.18. The van der Waals surface area contributed by atoms with E-state index in [1.807, 2.05) is 6.92 Å². The van der Waals surface area contributed by atoms with Gasteiger partial charge >= 0.3 is 0 Å². The van der Waals surface area contributed by atoms with Crippen LogP contribution in [0.1, 0.15) is 45.8 Å². The van der Waals surface area contributed by atoms with Crippen LogP contribution in [-0.4, -0.2) is 44.5 Å². The second-order valence-corrected chi connectivity index (χ2v) is 8.73. The molecule has 1 heterocycles. The van der Waals surface area contributed by atoms with Crippen LogP contribution in [0.5, 0.6) is 0 Å². The summed E-state index contributed by atoms with van der Waals surface area (Å²) in [6, 6.07) is 0. The third-order valence-corrected chi connectivity index (χ3v) is 4.02. The number of oxazole rings is 1. The minimum Gasteiger partial charge on any atom is -0.443 e. The maximum absolute atomic E-state index is 11.1. The number of hydrogen-bond donors (Lipinski definition) is 2. The van der Waals surface area contributed by atoms with Gasteiger partial charge in [-0.1, -0.05) is 20.8 Å². The van der Waals surface area contributed by atoms with Crippen LogP contribution in [0.2, 0.25) is 0 Å². The van der Waals surface area contributed by atoms with E-state index in [4.69, 9.17) is 4.42 Å². The number of aliphatic imine (C=N–C) groups is 1. The Bertz CT molecular complexity index is 621. The van der Waals surface area contributed by atoms with E-state index in [-0.39, 0.29) is 35.1 Å². The molecule has 0 spiro atoms. The Hall–Kier alpha value is -0.840. The Morgan fingerprint density at radius 3 is 2.50 bits per heavy atom. The lowest BCUT2D eigenvalue weighted by Crippen LogP contribution is -2.38. The molecule has 24 heavy (non-hydrogen) atoms. The quantitative estimate of drug-likeness (QED) is 0.273. The van der Waals surface area contributed by atoms with Crippen LogP contribution in [0.25, 0.3) is 0 Å².